The lowest BCUT2D eigenvalue weighted by molar-refractivity contribution is -0.115. The Labute approximate surface area is 161 Å². The van der Waals surface area contributed by atoms with Gasteiger partial charge in [0.1, 0.15) is 17.5 Å². The van der Waals surface area contributed by atoms with E-state index in [-0.39, 0.29) is 30.1 Å². The molecule has 10 heteroatoms. The molecule has 0 bridgehead atoms. The van der Waals surface area contributed by atoms with Gasteiger partial charge in [-0.05, 0) is 26.7 Å². The topological polar surface area (TPSA) is 131 Å². The van der Waals surface area contributed by atoms with Crippen LogP contribution < -0.4 is 10.6 Å². The second-order valence-electron chi connectivity index (χ2n) is 7.61. The van der Waals surface area contributed by atoms with E-state index in [4.69, 9.17) is 14.0 Å². The van der Waals surface area contributed by atoms with Gasteiger partial charge in [-0.3, -0.25) is 9.89 Å². The van der Waals surface area contributed by atoms with Crippen LogP contribution in [0.25, 0.3) is 0 Å². The third-order valence-electron chi connectivity index (χ3n) is 4.84. The number of nitrogens with zero attached hydrogens (tertiary/aromatic N) is 2. The fraction of sp³-hybridized carbons (Fsp3) is 0.556. The Bertz CT molecular complexity index is 871. The van der Waals surface area contributed by atoms with Gasteiger partial charge in [0.25, 0.3) is 0 Å². The maximum absolute atomic E-state index is 12.1. The number of hydrogen-bond donors (Lipinski definition) is 3. The third kappa shape index (κ3) is 4.50. The van der Waals surface area contributed by atoms with Crippen LogP contribution in [0.5, 0.6) is 0 Å². The molecule has 2 fully saturated rings. The van der Waals surface area contributed by atoms with Crippen molar-refractivity contribution >= 4 is 17.8 Å². The van der Waals surface area contributed by atoms with Gasteiger partial charge < -0.3 is 24.6 Å². The first-order valence-electron chi connectivity index (χ1n) is 9.27. The van der Waals surface area contributed by atoms with Crippen molar-refractivity contribution < 1.29 is 23.6 Å². The number of carbonyl (C=O) groups excluding carboxylic acids is 2. The second-order valence-corrected chi connectivity index (χ2v) is 7.61. The zero-order chi connectivity index (χ0) is 19.7. The zero-order valence-electron chi connectivity index (χ0n) is 15.8. The molecule has 2 amide bonds. The Balaban J connectivity index is 1.26. The molecule has 2 atom stereocenters. The standard InChI is InChI=1S/C18H23N5O5/c1-10-5-12(28-23-10)7-16(24)20-15-8-13(21-22-15)14-6-11(9-26-14)19-17(25)27-18(2)3-4-18/h5,8,11,14H,3-4,6-7,9H2,1-2H3,(H,19,25)(H2,20,21,22,24). The molecule has 1 aliphatic heterocycles. The lowest BCUT2D eigenvalue weighted by atomic mass is 10.1. The summed E-state index contributed by atoms with van der Waals surface area (Å²) in [6, 6.07) is 3.31. The molecule has 0 spiro atoms. The number of ether oxygens (including phenoxy) is 2. The first kappa shape index (κ1) is 18.5. The van der Waals surface area contributed by atoms with Gasteiger partial charge in [-0.1, -0.05) is 5.16 Å². The highest BCUT2D eigenvalue weighted by atomic mass is 16.6. The van der Waals surface area contributed by atoms with E-state index < -0.39 is 6.09 Å². The van der Waals surface area contributed by atoms with E-state index in [2.05, 4.69) is 26.0 Å². The number of anilines is 1. The molecule has 28 heavy (non-hydrogen) atoms. The average molecular weight is 389 g/mol. The minimum Gasteiger partial charge on any atom is -0.443 e. The van der Waals surface area contributed by atoms with Crippen LogP contribution in [0.4, 0.5) is 10.6 Å². The molecule has 2 aromatic heterocycles. The minimum absolute atomic E-state index is 0.0794. The summed E-state index contributed by atoms with van der Waals surface area (Å²) in [5, 5.41) is 16.3. The van der Waals surface area contributed by atoms with Gasteiger partial charge in [0.2, 0.25) is 5.91 Å². The molecule has 150 valence electrons. The zero-order valence-corrected chi connectivity index (χ0v) is 15.8. The van der Waals surface area contributed by atoms with Gasteiger partial charge in [0.15, 0.2) is 5.82 Å². The van der Waals surface area contributed by atoms with Crippen molar-refractivity contribution in [3.05, 3.63) is 29.3 Å². The monoisotopic (exact) mass is 389 g/mol. The van der Waals surface area contributed by atoms with Gasteiger partial charge in [-0.2, -0.15) is 5.10 Å². The van der Waals surface area contributed by atoms with Gasteiger partial charge in [0, 0.05) is 18.6 Å². The molecule has 1 saturated heterocycles. The van der Waals surface area contributed by atoms with E-state index in [9.17, 15) is 9.59 Å². The van der Waals surface area contributed by atoms with Crippen molar-refractivity contribution in [2.75, 3.05) is 11.9 Å². The lowest BCUT2D eigenvalue weighted by Crippen LogP contribution is -2.37. The van der Waals surface area contributed by atoms with Gasteiger partial charge >= 0.3 is 6.09 Å². The number of nitrogens with one attached hydrogen (secondary N) is 3. The van der Waals surface area contributed by atoms with Crippen molar-refractivity contribution in [2.45, 2.75) is 57.3 Å². The van der Waals surface area contributed by atoms with Crippen molar-refractivity contribution in [2.24, 2.45) is 0 Å². The molecule has 3 heterocycles. The smallest absolute Gasteiger partial charge is 0.407 e. The highest BCUT2D eigenvalue weighted by molar-refractivity contribution is 5.91. The molecule has 0 aromatic carbocycles. The lowest BCUT2D eigenvalue weighted by Gasteiger charge is -2.15. The number of rotatable bonds is 6. The number of aromatic amines is 1. The summed E-state index contributed by atoms with van der Waals surface area (Å²) < 4.78 is 16.1. The summed E-state index contributed by atoms with van der Waals surface area (Å²) in [7, 11) is 0. The highest BCUT2D eigenvalue weighted by Gasteiger charge is 2.42. The molecule has 1 aliphatic carbocycles. The third-order valence-corrected chi connectivity index (χ3v) is 4.84. The molecule has 10 nitrogen and oxygen atoms in total. The molecule has 0 radical (unpaired) electrons. The van der Waals surface area contributed by atoms with E-state index in [1.54, 1.807) is 19.1 Å². The van der Waals surface area contributed by atoms with E-state index in [1.165, 1.54) is 0 Å². The van der Waals surface area contributed by atoms with Crippen molar-refractivity contribution in [3.63, 3.8) is 0 Å². The van der Waals surface area contributed by atoms with Crippen molar-refractivity contribution in [1.82, 2.24) is 20.7 Å². The van der Waals surface area contributed by atoms with E-state index in [0.29, 0.717) is 24.6 Å². The molecular weight excluding hydrogens is 366 g/mol. The maximum atomic E-state index is 12.1. The molecular formula is C18H23N5O5. The van der Waals surface area contributed by atoms with Gasteiger partial charge in [0.05, 0.1) is 30.5 Å². The molecule has 2 aliphatic rings. The van der Waals surface area contributed by atoms with Crippen LogP contribution in [0.2, 0.25) is 0 Å². The predicted molar refractivity (Wildman–Crippen MR) is 96.5 cm³/mol. The Morgan fingerprint density at radius 1 is 1.39 bits per heavy atom. The van der Waals surface area contributed by atoms with E-state index in [1.807, 2.05) is 6.92 Å². The van der Waals surface area contributed by atoms with Crippen LogP contribution in [0.15, 0.2) is 16.7 Å². The molecule has 2 aromatic rings. The summed E-state index contributed by atoms with van der Waals surface area (Å²) in [5.41, 5.74) is 1.16. The molecule has 4 rings (SSSR count). The Hall–Kier alpha value is -2.88. The minimum atomic E-state index is -0.408. The van der Waals surface area contributed by atoms with Gasteiger partial charge in [-0.15, -0.1) is 0 Å². The molecule has 1 saturated carbocycles. The first-order chi connectivity index (χ1) is 13.4. The number of amides is 2. The van der Waals surface area contributed by atoms with Crippen LogP contribution in [-0.2, 0) is 20.7 Å². The SMILES string of the molecule is Cc1cc(CC(=O)Nc2cc(C3CC(NC(=O)OC4(C)CC4)CO3)[nH]n2)on1. The van der Waals surface area contributed by atoms with Crippen molar-refractivity contribution in [3.8, 4) is 0 Å². The van der Waals surface area contributed by atoms with Crippen LogP contribution in [0, 0.1) is 6.92 Å². The van der Waals surface area contributed by atoms with Crippen LogP contribution in [-0.4, -0.2) is 45.6 Å². The summed E-state index contributed by atoms with van der Waals surface area (Å²) in [6.07, 6.45) is 1.84. The number of aromatic nitrogens is 3. The fourth-order valence-corrected chi connectivity index (χ4v) is 3.05. The average Bonchev–Trinajstić information content (AvgIpc) is 3.05. The largest absolute Gasteiger partial charge is 0.443 e. The van der Waals surface area contributed by atoms with Crippen molar-refractivity contribution in [1.29, 1.82) is 0 Å². The summed E-state index contributed by atoms with van der Waals surface area (Å²) >= 11 is 0. The summed E-state index contributed by atoms with van der Waals surface area (Å²) in [5.74, 6) is 0.639. The Kier molecular flexibility index (Phi) is 4.80. The Morgan fingerprint density at radius 3 is 2.93 bits per heavy atom. The number of H-pyrrole nitrogens is 1. The Morgan fingerprint density at radius 2 is 2.21 bits per heavy atom. The second kappa shape index (κ2) is 7.27. The normalized spacial score (nSPS) is 22.6. The summed E-state index contributed by atoms with van der Waals surface area (Å²) in [6.45, 7) is 4.10. The van der Waals surface area contributed by atoms with E-state index >= 15 is 0 Å². The number of alkyl carbamates (subject to hydrolysis) is 1. The number of hydrogen-bond acceptors (Lipinski definition) is 7. The summed E-state index contributed by atoms with van der Waals surface area (Å²) in [4.78, 5) is 24.0. The number of aryl methyl sites for hydroxylation is 1. The predicted octanol–water partition coefficient (Wildman–Crippen LogP) is 2.00. The first-order valence-corrected chi connectivity index (χ1v) is 9.27. The fourth-order valence-electron chi connectivity index (χ4n) is 3.05. The number of carbonyl (C=O) groups is 2. The molecule has 3 N–H and O–H groups in total. The van der Waals surface area contributed by atoms with E-state index in [0.717, 1.165) is 24.2 Å². The highest BCUT2D eigenvalue weighted by Crippen LogP contribution is 2.38. The van der Waals surface area contributed by atoms with Crippen LogP contribution in [0.1, 0.15) is 49.4 Å². The van der Waals surface area contributed by atoms with Crippen LogP contribution >= 0.6 is 0 Å². The quantitative estimate of drug-likeness (QED) is 0.688. The molecule has 2 unspecified atom stereocenters. The maximum Gasteiger partial charge on any atom is 0.407 e. The van der Waals surface area contributed by atoms with Gasteiger partial charge in [-0.25, -0.2) is 4.79 Å². The van der Waals surface area contributed by atoms with Crippen LogP contribution in [0.3, 0.4) is 0 Å².